The molecular weight excluding hydrogens is 451 g/mol. The molecule has 0 fully saturated rings. The van der Waals surface area contributed by atoms with E-state index in [4.69, 9.17) is 5.11 Å². The van der Waals surface area contributed by atoms with E-state index in [1.54, 1.807) is 18.2 Å². The molecule has 0 radical (unpaired) electrons. The molecule has 1 aromatic heterocycles. The molecule has 27 heavy (non-hydrogen) atoms. The topological polar surface area (TPSA) is 54.6 Å². The molecule has 0 aliphatic carbocycles. The Bertz CT molecular complexity index is 1060. The van der Waals surface area contributed by atoms with Gasteiger partial charge in [0, 0.05) is 32.4 Å². The van der Waals surface area contributed by atoms with Crippen molar-refractivity contribution in [1.82, 2.24) is 4.57 Å². The van der Waals surface area contributed by atoms with E-state index in [1.165, 1.54) is 9.13 Å². The van der Waals surface area contributed by atoms with E-state index in [1.807, 2.05) is 13.1 Å². The van der Waals surface area contributed by atoms with Crippen molar-refractivity contribution in [1.29, 1.82) is 0 Å². The van der Waals surface area contributed by atoms with Crippen LogP contribution in [-0.2, 0) is 0 Å². The number of hydrogen-bond acceptors (Lipinski definition) is 2. The summed E-state index contributed by atoms with van der Waals surface area (Å²) in [5.41, 5.74) is 7.60. The third-order valence-electron chi connectivity index (χ3n) is 4.66. The first-order valence-electron chi connectivity index (χ1n) is 8.61. The van der Waals surface area contributed by atoms with E-state index in [9.17, 15) is 4.79 Å². The molecule has 1 heterocycles. The maximum absolute atomic E-state index is 11.1. The highest BCUT2D eigenvalue weighted by molar-refractivity contribution is 14.1. The average molecular weight is 472 g/mol. The zero-order valence-corrected chi connectivity index (χ0v) is 17.9. The first-order chi connectivity index (χ1) is 12.8. The Morgan fingerprint density at radius 1 is 1.04 bits per heavy atom. The highest BCUT2D eigenvalue weighted by Crippen LogP contribution is 2.24. The predicted molar refractivity (Wildman–Crippen MR) is 118 cm³/mol. The van der Waals surface area contributed by atoms with Crippen LogP contribution in [0.4, 0.5) is 5.69 Å². The number of benzene rings is 2. The molecule has 1 N–H and O–H groups in total. The maximum atomic E-state index is 11.1. The minimum absolute atomic E-state index is 0.277. The quantitative estimate of drug-likeness (QED) is 0.388. The molecule has 2 aromatic carbocycles. The van der Waals surface area contributed by atoms with Gasteiger partial charge in [0.1, 0.15) is 0 Å². The van der Waals surface area contributed by atoms with Crippen LogP contribution in [-0.4, -0.2) is 21.9 Å². The molecule has 3 aromatic rings. The fourth-order valence-electron chi connectivity index (χ4n) is 3.16. The number of rotatable bonds is 4. The number of aromatic carboxylic acids is 1. The summed E-state index contributed by atoms with van der Waals surface area (Å²) >= 11 is 2.34. The Hall–Kier alpha value is -2.41. The van der Waals surface area contributed by atoms with E-state index < -0.39 is 5.97 Å². The normalized spacial score (nSPS) is 11.3. The summed E-state index contributed by atoms with van der Waals surface area (Å²) in [5.74, 6) is -0.926. The highest BCUT2D eigenvalue weighted by Gasteiger charge is 2.11. The van der Waals surface area contributed by atoms with Crippen molar-refractivity contribution in [2.24, 2.45) is 4.99 Å². The van der Waals surface area contributed by atoms with Crippen molar-refractivity contribution in [2.75, 3.05) is 0 Å². The van der Waals surface area contributed by atoms with Gasteiger partial charge in [-0.15, -0.1) is 0 Å². The lowest BCUT2D eigenvalue weighted by Gasteiger charge is -2.11. The summed E-state index contributed by atoms with van der Waals surface area (Å²) in [6.45, 7) is 8.16. The van der Waals surface area contributed by atoms with Gasteiger partial charge in [0.25, 0.3) is 0 Å². The van der Waals surface area contributed by atoms with Gasteiger partial charge in [-0.3, -0.25) is 4.99 Å². The molecular formula is C22H21IN2O2. The maximum Gasteiger partial charge on any atom is 0.335 e. The highest BCUT2D eigenvalue weighted by atomic mass is 127. The summed E-state index contributed by atoms with van der Waals surface area (Å²) in [5, 5.41) is 9.08. The lowest BCUT2D eigenvalue weighted by molar-refractivity contribution is 0.0697. The van der Waals surface area contributed by atoms with Gasteiger partial charge in [0.2, 0.25) is 0 Å². The van der Waals surface area contributed by atoms with Gasteiger partial charge in [-0.05, 0) is 104 Å². The summed E-state index contributed by atoms with van der Waals surface area (Å²) < 4.78 is 3.48. The molecule has 0 unspecified atom stereocenters. The van der Waals surface area contributed by atoms with Gasteiger partial charge in [0.15, 0.2) is 0 Å². The molecule has 0 aliphatic rings. The van der Waals surface area contributed by atoms with Crippen molar-refractivity contribution in [3.05, 3.63) is 79.7 Å². The minimum Gasteiger partial charge on any atom is -0.478 e. The van der Waals surface area contributed by atoms with Gasteiger partial charge in [0.05, 0.1) is 11.3 Å². The fraction of sp³-hybridized carbons (Fsp3) is 0.182. The van der Waals surface area contributed by atoms with Crippen LogP contribution < -0.4 is 0 Å². The van der Waals surface area contributed by atoms with E-state index in [2.05, 4.69) is 77.2 Å². The van der Waals surface area contributed by atoms with E-state index >= 15 is 0 Å². The number of carbonyl (C=O) groups is 1. The van der Waals surface area contributed by atoms with Crippen LogP contribution in [0.5, 0.6) is 0 Å². The molecule has 0 saturated carbocycles. The van der Waals surface area contributed by atoms with Crippen LogP contribution in [0.3, 0.4) is 0 Å². The second-order valence-electron chi connectivity index (χ2n) is 6.66. The van der Waals surface area contributed by atoms with Crippen LogP contribution in [0.1, 0.15) is 38.4 Å². The molecule has 3 rings (SSSR count). The Morgan fingerprint density at radius 2 is 1.78 bits per heavy atom. The van der Waals surface area contributed by atoms with E-state index in [0.717, 1.165) is 33.9 Å². The number of nitrogens with zero attached hydrogens (tertiary/aromatic N) is 2. The summed E-state index contributed by atoms with van der Waals surface area (Å²) in [4.78, 5) is 15.7. The SMILES string of the molecule is Cc1cc(-n2c(C)cc(C=Nc3ccc(C(=O)O)cc3C)c2C)ccc1I. The summed E-state index contributed by atoms with van der Waals surface area (Å²) in [6.07, 6.45) is 1.85. The van der Waals surface area contributed by atoms with Crippen molar-refractivity contribution in [2.45, 2.75) is 27.7 Å². The Labute approximate surface area is 172 Å². The van der Waals surface area contributed by atoms with Gasteiger partial charge in [-0.2, -0.15) is 0 Å². The van der Waals surface area contributed by atoms with Crippen molar-refractivity contribution in [3.8, 4) is 5.69 Å². The number of halogens is 1. The largest absolute Gasteiger partial charge is 0.478 e. The molecule has 138 valence electrons. The van der Waals surface area contributed by atoms with Crippen molar-refractivity contribution in [3.63, 3.8) is 0 Å². The molecule has 5 heteroatoms. The number of aliphatic imine (C=N–C) groups is 1. The Morgan fingerprint density at radius 3 is 2.41 bits per heavy atom. The van der Waals surface area contributed by atoms with E-state index in [-0.39, 0.29) is 5.56 Å². The summed E-state index contributed by atoms with van der Waals surface area (Å²) in [6, 6.07) is 13.5. The third-order valence-corrected chi connectivity index (χ3v) is 5.87. The van der Waals surface area contributed by atoms with Crippen molar-refractivity contribution >= 4 is 40.5 Å². The first-order valence-corrected chi connectivity index (χ1v) is 9.69. The lowest BCUT2D eigenvalue weighted by atomic mass is 10.1. The zero-order chi connectivity index (χ0) is 19.7. The monoisotopic (exact) mass is 472 g/mol. The third kappa shape index (κ3) is 3.98. The second-order valence-corrected chi connectivity index (χ2v) is 7.82. The van der Waals surface area contributed by atoms with Gasteiger partial charge in [-0.1, -0.05) is 0 Å². The number of carboxylic acids is 1. The molecule has 0 saturated heterocycles. The minimum atomic E-state index is -0.926. The molecule has 0 amide bonds. The number of hydrogen-bond donors (Lipinski definition) is 1. The van der Waals surface area contributed by atoms with Crippen LogP contribution >= 0.6 is 22.6 Å². The van der Waals surface area contributed by atoms with Crippen LogP contribution in [0.15, 0.2) is 47.5 Å². The van der Waals surface area contributed by atoms with Crippen LogP contribution in [0.2, 0.25) is 0 Å². The zero-order valence-electron chi connectivity index (χ0n) is 15.7. The fourth-order valence-corrected chi connectivity index (χ4v) is 3.49. The number of carboxylic acid groups (broad SMARTS) is 1. The molecule has 0 aliphatic heterocycles. The molecule has 0 atom stereocenters. The lowest BCUT2D eigenvalue weighted by Crippen LogP contribution is -2.00. The molecule has 4 nitrogen and oxygen atoms in total. The Kier molecular flexibility index (Phi) is 5.51. The Balaban J connectivity index is 1.96. The van der Waals surface area contributed by atoms with Gasteiger partial charge < -0.3 is 9.67 Å². The number of aryl methyl sites for hydroxylation is 3. The molecule has 0 bridgehead atoms. The second kappa shape index (κ2) is 7.68. The first kappa shape index (κ1) is 19.4. The van der Waals surface area contributed by atoms with Crippen molar-refractivity contribution < 1.29 is 9.90 Å². The smallest absolute Gasteiger partial charge is 0.335 e. The number of aromatic nitrogens is 1. The van der Waals surface area contributed by atoms with Crippen LogP contribution in [0, 0.1) is 31.3 Å². The van der Waals surface area contributed by atoms with Gasteiger partial charge >= 0.3 is 5.97 Å². The van der Waals surface area contributed by atoms with Gasteiger partial charge in [-0.25, -0.2) is 4.79 Å². The van der Waals surface area contributed by atoms with Crippen LogP contribution in [0.25, 0.3) is 5.69 Å². The standard InChI is InChI=1S/C22H21IN2O2/c1-13-10-19(6-7-20(13)23)25-15(3)11-18(16(25)4)12-24-21-8-5-17(22(26)27)9-14(21)2/h5-12H,1-4H3,(H,26,27). The van der Waals surface area contributed by atoms with E-state index in [0.29, 0.717) is 0 Å². The predicted octanol–water partition coefficient (Wildman–Crippen LogP) is 5.76. The average Bonchev–Trinajstić information content (AvgIpc) is 2.90. The molecule has 0 spiro atoms. The summed E-state index contributed by atoms with van der Waals surface area (Å²) in [7, 11) is 0.